The average molecular weight is 251 g/mol. The predicted octanol–water partition coefficient (Wildman–Crippen LogP) is 2.63. The molecule has 0 radical (unpaired) electrons. The summed E-state index contributed by atoms with van der Waals surface area (Å²) in [7, 11) is 0. The third kappa shape index (κ3) is 1.97. The van der Waals surface area contributed by atoms with Crippen LogP contribution in [0.2, 0.25) is 0 Å². The minimum atomic E-state index is 0.660. The predicted molar refractivity (Wildman–Crippen MR) is 72.5 cm³/mol. The van der Waals surface area contributed by atoms with Gasteiger partial charge >= 0.3 is 0 Å². The highest BCUT2D eigenvalue weighted by Crippen LogP contribution is 2.42. The summed E-state index contributed by atoms with van der Waals surface area (Å²) in [6, 6.07) is 0.734. The molecule has 0 saturated carbocycles. The van der Waals surface area contributed by atoms with E-state index >= 15 is 0 Å². The fourth-order valence-electron chi connectivity index (χ4n) is 3.52. The molecule has 94 valence electrons. The Labute approximate surface area is 107 Å². The minimum absolute atomic E-state index is 0.660. The fourth-order valence-corrected chi connectivity index (χ4v) is 4.44. The second-order valence-electron chi connectivity index (χ2n) is 5.25. The third-order valence-electron chi connectivity index (χ3n) is 4.17. The molecule has 0 spiro atoms. The van der Waals surface area contributed by atoms with Gasteiger partial charge in [-0.25, -0.2) is 4.98 Å². The fraction of sp³-hybridized carbons (Fsp3) is 0.769. The number of piperidine rings is 1. The van der Waals surface area contributed by atoms with Crippen molar-refractivity contribution < 1.29 is 0 Å². The van der Waals surface area contributed by atoms with Crippen LogP contribution < -0.4 is 5.73 Å². The number of rotatable bonds is 2. The maximum absolute atomic E-state index is 5.87. The molecule has 1 aliphatic carbocycles. The molecule has 1 aromatic heterocycles. The lowest BCUT2D eigenvalue weighted by Gasteiger charge is -2.43. The number of fused-ring (bicyclic) bond motifs is 3. The quantitative estimate of drug-likeness (QED) is 0.878. The molecule has 4 heteroatoms. The summed E-state index contributed by atoms with van der Waals surface area (Å²) in [5.41, 5.74) is 7.20. The van der Waals surface area contributed by atoms with Crippen LogP contribution in [-0.4, -0.2) is 29.0 Å². The topological polar surface area (TPSA) is 42.2 Å². The number of likely N-dealkylation sites (tertiary alicyclic amines) is 1. The monoisotopic (exact) mass is 251 g/mol. The number of thiazole rings is 1. The first-order valence-corrected chi connectivity index (χ1v) is 7.60. The SMILES string of the molecule is CCCN1CCC[C@@H]2c3nc(N)sc3CC[C@H]21. The average Bonchev–Trinajstić information content (AvgIpc) is 2.70. The molecule has 3 rings (SSSR count). The van der Waals surface area contributed by atoms with Gasteiger partial charge < -0.3 is 5.73 Å². The second kappa shape index (κ2) is 4.58. The van der Waals surface area contributed by atoms with Gasteiger partial charge in [0.25, 0.3) is 0 Å². The van der Waals surface area contributed by atoms with Crippen molar-refractivity contribution >= 4 is 16.5 Å². The summed E-state index contributed by atoms with van der Waals surface area (Å²) in [4.78, 5) is 8.75. The smallest absolute Gasteiger partial charge is 0.180 e. The van der Waals surface area contributed by atoms with Crippen LogP contribution in [0.3, 0.4) is 0 Å². The van der Waals surface area contributed by atoms with Crippen molar-refractivity contribution in [1.29, 1.82) is 0 Å². The highest BCUT2D eigenvalue weighted by atomic mass is 32.1. The van der Waals surface area contributed by atoms with Crippen molar-refractivity contribution in [3.05, 3.63) is 10.6 Å². The van der Waals surface area contributed by atoms with Gasteiger partial charge in [-0.2, -0.15) is 0 Å². The van der Waals surface area contributed by atoms with Crippen molar-refractivity contribution in [2.45, 2.75) is 51.0 Å². The van der Waals surface area contributed by atoms with E-state index in [2.05, 4.69) is 16.8 Å². The summed E-state index contributed by atoms with van der Waals surface area (Å²) in [5, 5.41) is 0.767. The number of hydrogen-bond acceptors (Lipinski definition) is 4. The molecular weight excluding hydrogens is 230 g/mol. The molecule has 0 unspecified atom stereocenters. The molecule has 1 aliphatic heterocycles. The standard InChI is InChI=1S/C13H21N3S/c1-2-7-16-8-3-4-9-10(16)5-6-11-12(9)15-13(14)17-11/h9-10H,2-8H2,1H3,(H2,14,15)/t9-,10+/m0/s1. The van der Waals surface area contributed by atoms with Crippen LogP contribution in [0.15, 0.2) is 0 Å². The number of aryl methyl sites for hydroxylation is 1. The van der Waals surface area contributed by atoms with Crippen molar-refractivity contribution in [1.82, 2.24) is 9.88 Å². The molecule has 0 amide bonds. The van der Waals surface area contributed by atoms with E-state index in [9.17, 15) is 0 Å². The molecule has 2 N–H and O–H groups in total. The minimum Gasteiger partial charge on any atom is -0.375 e. The number of aromatic nitrogens is 1. The number of nitrogens with two attached hydrogens (primary N) is 1. The maximum Gasteiger partial charge on any atom is 0.180 e. The molecule has 17 heavy (non-hydrogen) atoms. The van der Waals surface area contributed by atoms with Gasteiger partial charge in [-0.3, -0.25) is 4.90 Å². The third-order valence-corrected chi connectivity index (χ3v) is 5.13. The zero-order valence-electron chi connectivity index (χ0n) is 10.5. The van der Waals surface area contributed by atoms with Crippen LogP contribution >= 0.6 is 11.3 Å². The number of hydrogen-bond donors (Lipinski definition) is 1. The highest BCUT2D eigenvalue weighted by molar-refractivity contribution is 7.15. The summed E-state index contributed by atoms with van der Waals surface area (Å²) in [6.07, 6.45) is 6.37. The first-order chi connectivity index (χ1) is 8.29. The van der Waals surface area contributed by atoms with E-state index < -0.39 is 0 Å². The van der Waals surface area contributed by atoms with Crippen molar-refractivity contribution in [3.63, 3.8) is 0 Å². The van der Waals surface area contributed by atoms with Crippen LogP contribution in [0, 0.1) is 0 Å². The van der Waals surface area contributed by atoms with Gasteiger partial charge in [0.2, 0.25) is 0 Å². The zero-order chi connectivity index (χ0) is 11.8. The first kappa shape index (κ1) is 11.5. The Kier molecular flexibility index (Phi) is 3.09. The highest BCUT2D eigenvalue weighted by Gasteiger charge is 2.37. The molecule has 2 atom stereocenters. The zero-order valence-corrected chi connectivity index (χ0v) is 11.3. The van der Waals surface area contributed by atoms with Gasteiger partial charge in [0.05, 0.1) is 5.69 Å². The van der Waals surface area contributed by atoms with Crippen LogP contribution in [-0.2, 0) is 6.42 Å². The van der Waals surface area contributed by atoms with Crippen molar-refractivity contribution in [2.24, 2.45) is 0 Å². The van der Waals surface area contributed by atoms with Crippen LogP contribution in [0.5, 0.6) is 0 Å². The van der Waals surface area contributed by atoms with Gasteiger partial charge in [-0.15, -0.1) is 11.3 Å². The van der Waals surface area contributed by atoms with E-state index in [1.807, 2.05) is 0 Å². The first-order valence-electron chi connectivity index (χ1n) is 6.78. The van der Waals surface area contributed by atoms with Crippen LogP contribution in [0.4, 0.5) is 5.13 Å². The Balaban J connectivity index is 1.87. The molecule has 0 aromatic carbocycles. The Morgan fingerprint density at radius 1 is 1.47 bits per heavy atom. The summed E-state index contributed by atoms with van der Waals surface area (Å²) in [5.74, 6) is 0.660. The van der Waals surface area contributed by atoms with Gasteiger partial charge in [0, 0.05) is 16.8 Å². The van der Waals surface area contributed by atoms with E-state index in [0.717, 1.165) is 11.2 Å². The van der Waals surface area contributed by atoms with E-state index in [-0.39, 0.29) is 0 Å². The van der Waals surface area contributed by atoms with E-state index in [4.69, 9.17) is 5.73 Å². The van der Waals surface area contributed by atoms with Gasteiger partial charge in [-0.1, -0.05) is 6.92 Å². The lowest BCUT2D eigenvalue weighted by atomic mass is 9.79. The molecule has 1 saturated heterocycles. The van der Waals surface area contributed by atoms with Gasteiger partial charge in [-0.05, 0) is 45.2 Å². The summed E-state index contributed by atoms with van der Waals surface area (Å²) in [6.45, 7) is 4.80. The summed E-state index contributed by atoms with van der Waals surface area (Å²) >= 11 is 1.71. The maximum atomic E-state index is 5.87. The van der Waals surface area contributed by atoms with E-state index in [0.29, 0.717) is 5.92 Å². The lowest BCUT2D eigenvalue weighted by molar-refractivity contribution is 0.112. The van der Waals surface area contributed by atoms with Gasteiger partial charge in [0.15, 0.2) is 5.13 Å². The van der Waals surface area contributed by atoms with Crippen LogP contribution in [0.1, 0.15) is 49.1 Å². The van der Waals surface area contributed by atoms with Crippen molar-refractivity contribution in [3.8, 4) is 0 Å². The van der Waals surface area contributed by atoms with E-state index in [1.54, 1.807) is 11.3 Å². The summed E-state index contributed by atoms with van der Waals surface area (Å²) < 4.78 is 0. The Morgan fingerprint density at radius 2 is 2.35 bits per heavy atom. The molecule has 2 heterocycles. The molecule has 1 aromatic rings. The Hall–Kier alpha value is -0.610. The molecule has 2 aliphatic rings. The number of nitrogen functional groups attached to an aromatic ring is 1. The molecule has 0 bridgehead atoms. The van der Waals surface area contributed by atoms with Gasteiger partial charge in [0.1, 0.15) is 0 Å². The largest absolute Gasteiger partial charge is 0.375 e. The molecule has 1 fully saturated rings. The van der Waals surface area contributed by atoms with E-state index in [1.165, 1.54) is 55.8 Å². The Bertz CT molecular complexity index is 399. The number of anilines is 1. The number of nitrogens with zero attached hydrogens (tertiary/aromatic N) is 2. The van der Waals surface area contributed by atoms with Crippen molar-refractivity contribution in [2.75, 3.05) is 18.8 Å². The second-order valence-corrected chi connectivity index (χ2v) is 6.37. The lowest BCUT2D eigenvalue weighted by Crippen LogP contribution is -2.46. The molecular formula is C13H21N3S. The van der Waals surface area contributed by atoms with Crippen LogP contribution in [0.25, 0.3) is 0 Å². The normalized spacial score (nSPS) is 28.8. The molecule has 3 nitrogen and oxygen atoms in total. The Morgan fingerprint density at radius 3 is 3.18 bits per heavy atom.